The number of nitrogens with one attached hydrogen (secondary N) is 2. The summed E-state index contributed by atoms with van der Waals surface area (Å²) < 4.78 is 27.2. The number of benzene rings is 2. The molecule has 0 bridgehead atoms. The lowest BCUT2D eigenvalue weighted by Crippen LogP contribution is -2.49. The van der Waals surface area contributed by atoms with Crippen LogP contribution in [-0.2, 0) is 16.0 Å². The Hall–Kier alpha value is -2.84. The summed E-state index contributed by atoms with van der Waals surface area (Å²) in [6, 6.07) is 8.44. The fraction of sp³-hybridized carbons (Fsp3) is 0.462. The predicted octanol–water partition coefficient (Wildman–Crippen LogP) is 3.58. The van der Waals surface area contributed by atoms with Crippen LogP contribution in [0.5, 0.6) is 0 Å². The van der Waals surface area contributed by atoms with E-state index < -0.39 is 23.8 Å². The fourth-order valence-corrected chi connectivity index (χ4v) is 4.46. The average Bonchev–Trinajstić information content (AvgIpc) is 2.75. The van der Waals surface area contributed by atoms with E-state index in [4.69, 9.17) is 0 Å². The topological polar surface area (TPSA) is 81.7 Å². The van der Waals surface area contributed by atoms with E-state index in [9.17, 15) is 23.5 Å². The molecule has 1 aliphatic heterocycles. The van der Waals surface area contributed by atoms with E-state index >= 15 is 0 Å². The van der Waals surface area contributed by atoms with Crippen molar-refractivity contribution in [3.8, 4) is 0 Å². The van der Waals surface area contributed by atoms with E-state index in [1.807, 2.05) is 12.1 Å². The van der Waals surface area contributed by atoms with Crippen molar-refractivity contribution in [3.63, 3.8) is 0 Å². The molecule has 0 spiro atoms. The zero-order valence-electron chi connectivity index (χ0n) is 20.1. The first kappa shape index (κ1) is 25.8. The molecule has 0 aromatic heterocycles. The molecule has 1 heterocycles. The van der Waals surface area contributed by atoms with Gasteiger partial charge in [0, 0.05) is 44.7 Å². The van der Waals surface area contributed by atoms with Crippen molar-refractivity contribution in [2.75, 3.05) is 18.0 Å². The van der Waals surface area contributed by atoms with Crippen molar-refractivity contribution >= 4 is 17.5 Å². The molecule has 2 amide bonds. The number of rotatable bonds is 8. The number of aliphatic hydroxyl groups excluding tert-OH is 1. The van der Waals surface area contributed by atoms with Crippen molar-refractivity contribution < 1.29 is 23.5 Å². The van der Waals surface area contributed by atoms with Gasteiger partial charge in [-0.2, -0.15) is 0 Å². The molecule has 184 valence electrons. The van der Waals surface area contributed by atoms with Gasteiger partial charge in [0.15, 0.2) is 0 Å². The van der Waals surface area contributed by atoms with Crippen molar-refractivity contribution in [2.45, 2.75) is 64.6 Å². The summed E-state index contributed by atoms with van der Waals surface area (Å²) in [5.74, 6) is -1.47. The highest BCUT2D eigenvalue weighted by Crippen LogP contribution is 2.36. The molecule has 3 N–H and O–H groups in total. The van der Waals surface area contributed by atoms with Crippen LogP contribution < -0.4 is 15.5 Å². The van der Waals surface area contributed by atoms with Gasteiger partial charge in [-0.15, -0.1) is 0 Å². The lowest BCUT2D eigenvalue weighted by Gasteiger charge is -2.36. The molecule has 2 aromatic rings. The minimum Gasteiger partial charge on any atom is -0.390 e. The van der Waals surface area contributed by atoms with E-state index in [1.54, 1.807) is 11.8 Å². The second-order valence-electron chi connectivity index (χ2n) is 9.25. The number of halogens is 2. The third-order valence-corrected chi connectivity index (χ3v) is 6.21. The van der Waals surface area contributed by atoms with E-state index in [0.29, 0.717) is 24.4 Å². The minimum absolute atomic E-state index is 0.0231. The number of amides is 2. The summed E-state index contributed by atoms with van der Waals surface area (Å²) in [6.07, 6.45) is -0.257. The van der Waals surface area contributed by atoms with Crippen molar-refractivity contribution in [3.05, 3.63) is 64.7 Å². The Morgan fingerprint density at radius 3 is 2.38 bits per heavy atom. The Morgan fingerprint density at radius 2 is 1.79 bits per heavy atom. The summed E-state index contributed by atoms with van der Waals surface area (Å²) in [5, 5.41) is 17.0. The number of carbonyl (C=O) groups excluding carboxylic acids is 2. The van der Waals surface area contributed by atoms with Crippen LogP contribution in [0.25, 0.3) is 0 Å². The number of hydrogen-bond donors (Lipinski definition) is 3. The van der Waals surface area contributed by atoms with Gasteiger partial charge in [-0.05, 0) is 53.6 Å². The molecule has 0 aliphatic carbocycles. The number of carbonyl (C=O) groups is 2. The molecular formula is C26H33F2N3O3. The number of fused-ring (bicyclic) bond motifs is 1. The Balaban J connectivity index is 1.77. The molecule has 3 rings (SSSR count). The highest BCUT2D eigenvalue weighted by atomic mass is 19.1. The first-order valence-corrected chi connectivity index (χ1v) is 11.6. The first-order chi connectivity index (χ1) is 16.0. The molecule has 1 aliphatic rings. The maximum Gasteiger partial charge on any atom is 0.223 e. The van der Waals surface area contributed by atoms with Gasteiger partial charge in [0.2, 0.25) is 11.8 Å². The zero-order valence-corrected chi connectivity index (χ0v) is 20.1. The van der Waals surface area contributed by atoms with Gasteiger partial charge >= 0.3 is 0 Å². The quantitative estimate of drug-likeness (QED) is 0.548. The normalized spacial score (nSPS) is 17.3. The third kappa shape index (κ3) is 6.39. The molecule has 0 saturated carbocycles. The van der Waals surface area contributed by atoms with E-state index in [-0.39, 0.29) is 30.8 Å². The number of hydrogen-bond acceptors (Lipinski definition) is 4. The fourth-order valence-electron chi connectivity index (χ4n) is 4.46. The predicted molar refractivity (Wildman–Crippen MR) is 128 cm³/mol. The molecule has 0 unspecified atom stereocenters. The van der Waals surface area contributed by atoms with Crippen molar-refractivity contribution in [1.29, 1.82) is 0 Å². The van der Waals surface area contributed by atoms with Gasteiger partial charge in [-0.25, -0.2) is 8.78 Å². The molecule has 2 aromatic carbocycles. The SMILES string of the molecule is CC(=O)N[C@@H](Cc1cc(F)cc(F)c1)[C@@H](O)CN[C@H]1CCN(C(C)=O)c2ccc(C(C)C)cc21. The summed E-state index contributed by atoms with van der Waals surface area (Å²) in [4.78, 5) is 25.6. The van der Waals surface area contributed by atoms with Crippen LogP contribution in [0.1, 0.15) is 62.8 Å². The summed E-state index contributed by atoms with van der Waals surface area (Å²) in [7, 11) is 0. The number of anilines is 1. The molecule has 0 radical (unpaired) electrons. The lowest BCUT2D eigenvalue weighted by molar-refractivity contribution is -0.120. The van der Waals surface area contributed by atoms with Crippen LogP contribution >= 0.6 is 0 Å². The molecule has 0 fully saturated rings. The Morgan fingerprint density at radius 1 is 1.12 bits per heavy atom. The summed E-state index contributed by atoms with van der Waals surface area (Å²) in [5.41, 5.74) is 3.34. The minimum atomic E-state index is -1.00. The standard InChI is InChI=1S/C26H33F2N3O3/c1-15(2)19-5-6-25-22(12-19)23(7-8-31(25)17(4)33)29-14-26(34)24(30-16(3)32)11-18-9-20(27)13-21(28)10-18/h5-6,9-10,12-13,15,23-24,26,29,34H,7-8,11,14H2,1-4H3,(H,30,32)/t23-,24-,26-/m0/s1. The molecule has 34 heavy (non-hydrogen) atoms. The van der Waals surface area contributed by atoms with Gasteiger partial charge in [0.05, 0.1) is 12.1 Å². The van der Waals surface area contributed by atoms with E-state index in [2.05, 4.69) is 30.5 Å². The number of aliphatic hydroxyl groups is 1. The lowest BCUT2D eigenvalue weighted by atomic mass is 9.91. The monoisotopic (exact) mass is 473 g/mol. The van der Waals surface area contributed by atoms with E-state index in [0.717, 1.165) is 22.9 Å². The molecular weight excluding hydrogens is 440 g/mol. The highest BCUT2D eigenvalue weighted by molar-refractivity contribution is 5.93. The largest absolute Gasteiger partial charge is 0.390 e. The molecule has 3 atom stereocenters. The second-order valence-corrected chi connectivity index (χ2v) is 9.25. The second kappa shape index (κ2) is 11.1. The van der Waals surface area contributed by atoms with Crippen LogP contribution in [0.4, 0.5) is 14.5 Å². The first-order valence-electron chi connectivity index (χ1n) is 11.6. The summed E-state index contributed by atoms with van der Waals surface area (Å²) in [6.45, 7) is 7.79. The van der Waals surface area contributed by atoms with Crippen LogP contribution in [0.2, 0.25) is 0 Å². The number of nitrogens with zero attached hydrogens (tertiary/aromatic N) is 1. The molecule has 6 nitrogen and oxygen atoms in total. The van der Waals surface area contributed by atoms with Gasteiger partial charge in [-0.3, -0.25) is 9.59 Å². The van der Waals surface area contributed by atoms with Crippen LogP contribution in [0, 0.1) is 11.6 Å². The Bertz CT molecular complexity index is 1020. The summed E-state index contributed by atoms with van der Waals surface area (Å²) >= 11 is 0. The van der Waals surface area contributed by atoms with Crippen LogP contribution in [-0.4, -0.2) is 42.2 Å². The van der Waals surface area contributed by atoms with Gasteiger partial charge in [0.25, 0.3) is 0 Å². The molecule has 8 heteroatoms. The van der Waals surface area contributed by atoms with Gasteiger partial charge in [-0.1, -0.05) is 26.0 Å². The smallest absolute Gasteiger partial charge is 0.223 e. The molecule has 0 saturated heterocycles. The Labute approximate surface area is 199 Å². The van der Waals surface area contributed by atoms with Crippen LogP contribution in [0.3, 0.4) is 0 Å². The van der Waals surface area contributed by atoms with Gasteiger partial charge in [0.1, 0.15) is 11.6 Å². The highest BCUT2D eigenvalue weighted by Gasteiger charge is 2.29. The van der Waals surface area contributed by atoms with Gasteiger partial charge < -0.3 is 20.6 Å². The van der Waals surface area contributed by atoms with E-state index in [1.165, 1.54) is 19.1 Å². The maximum atomic E-state index is 13.6. The maximum absolute atomic E-state index is 13.6. The Kier molecular flexibility index (Phi) is 8.38. The average molecular weight is 474 g/mol. The van der Waals surface area contributed by atoms with Crippen LogP contribution in [0.15, 0.2) is 36.4 Å². The van der Waals surface area contributed by atoms with Crippen molar-refractivity contribution in [1.82, 2.24) is 10.6 Å². The van der Waals surface area contributed by atoms with Crippen molar-refractivity contribution in [2.24, 2.45) is 0 Å². The zero-order chi connectivity index (χ0) is 25.0. The third-order valence-electron chi connectivity index (χ3n) is 6.21.